The Balaban J connectivity index is 2.40. The summed E-state index contributed by atoms with van der Waals surface area (Å²) in [7, 11) is -1.04. The molecule has 1 heterocycles. The van der Waals surface area contributed by atoms with Crippen molar-refractivity contribution >= 4 is 9.84 Å². The highest BCUT2D eigenvalue weighted by atomic mass is 32.2. The van der Waals surface area contributed by atoms with Crippen LogP contribution in [0.3, 0.4) is 0 Å². The molecule has 0 amide bonds. The first kappa shape index (κ1) is 12.2. The number of rotatable bonds is 5. The van der Waals surface area contributed by atoms with Crippen molar-refractivity contribution < 1.29 is 12.9 Å². The van der Waals surface area contributed by atoms with Crippen molar-refractivity contribution in [2.75, 3.05) is 25.6 Å². The van der Waals surface area contributed by atoms with Crippen LogP contribution in [-0.2, 0) is 16.4 Å². The van der Waals surface area contributed by atoms with E-state index in [0.29, 0.717) is 13.1 Å². The van der Waals surface area contributed by atoms with Gasteiger partial charge in [-0.25, -0.2) is 8.42 Å². The molecule has 0 aromatic carbocycles. The molecule has 0 spiro atoms. The zero-order chi connectivity index (χ0) is 11.5. The molecular formula is C9H16N2O3S. The van der Waals surface area contributed by atoms with Crippen LogP contribution in [-0.4, -0.2) is 44.1 Å². The second-order valence-electron chi connectivity index (χ2n) is 3.80. The van der Waals surface area contributed by atoms with Crippen LogP contribution in [0.5, 0.6) is 0 Å². The van der Waals surface area contributed by atoms with E-state index in [0.717, 1.165) is 11.5 Å². The van der Waals surface area contributed by atoms with Gasteiger partial charge in [-0.1, -0.05) is 5.16 Å². The molecule has 0 bridgehead atoms. The fourth-order valence-electron chi connectivity index (χ4n) is 1.17. The summed E-state index contributed by atoms with van der Waals surface area (Å²) in [4.78, 5) is 1.90. The molecule has 1 rings (SSSR count). The smallest absolute Gasteiger partial charge is 0.148 e. The first-order valence-electron chi connectivity index (χ1n) is 4.65. The quantitative estimate of drug-likeness (QED) is 0.738. The number of aryl methyl sites for hydroxylation is 1. The van der Waals surface area contributed by atoms with E-state index in [-0.39, 0.29) is 5.75 Å². The molecule has 86 valence electrons. The van der Waals surface area contributed by atoms with Gasteiger partial charge < -0.3 is 4.52 Å². The van der Waals surface area contributed by atoms with Crippen molar-refractivity contribution in [3.63, 3.8) is 0 Å². The molecule has 0 N–H and O–H groups in total. The summed E-state index contributed by atoms with van der Waals surface area (Å²) in [5.74, 6) is 0.932. The fraction of sp³-hybridized carbons (Fsp3) is 0.667. The van der Waals surface area contributed by atoms with Gasteiger partial charge in [-0.3, -0.25) is 4.90 Å². The van der Waals surface area contributed by atoms with Gasteiger partial charge in [0, 0.05) is 25.4 Å². The van der Waals surface area contributed by atoms with E-state index in [4.69, 9.17) is 4.52 Å². The minimum atomic E-state index is -2.89. The van der Waals surface area contributed by atoms with Gasteiger partial charge in [0.25, 0.3) is 0 Å². The largest absolute Gasteiger partial charge is 0.361 e. The lowest BCUT2D eigenvalue weighted by atomic mass is 10.3. The molecule has 6 heteroatoms. The van der Waals surface area contributed by atoms with Crippen LogP contribution in [0.25, 0.3) is 0 Å². The first-order chi connectivity index (χ1) is 6.87. The SMILES string of the molecule is Cc1cc(CN(C)CCS(C)(=O)=O)no1. The number of hydrogen-bond donors (Lipinski definition) is 0. The van der Waals surface area contributed by atoms with Gasteiger partial charge >= 0.3 is 0 Å². The van der Waals surface area contributed by atoms with Crippen LogP contribution < -0.4 is 0 Å². The van der Waals surface area contributed by atoms with Crippen LogP contribution in [0.1, 0.15) is 11.5 Å². The van der Waals surface area contributed by atoms with Gasteiger partial charge in [0.05, 0.1) is 11.4 Å². The maximum absolute atomic E-state index is 10.9. The molecule has 0 aliphatic heterocycles. The second kappa shape index (κ2) is 4.76. The van der Waals surface area contributed by atoms with Crippen LogP contribution >= 0.6 is 0 Å². The fourth-order valence-corrected chi connectivity index (χ4v) is 1.81. The normalized spacial score (nSPS) is 12.3. The van der Waals surface area contributed by atoms with E-state index in [9.17, 15) is 8.42 Å². The highest BCUT2D eigenvalue weighted by Crippen LogP contribution is 2.04. The molecule has 0 fully saturated rings. The molecule has 15 heavy (non-hydrogen) atoms. The number of sulfone groups is 1. The summed E-state index contributed by atoms with van der Waals surface area (Å²) in [5.41, 5.74) is 0.823. The zero-order valence-electron chi connectivity index (χ0n) is 9.23. The number of aromatic nitrogens is 1. The highest BCUT2D eigenvalue weighted by Gasteiger charge is 2.08. The molecule has 0 aliphatic carbocycles. The zero-order valence-corrected chi connectivity index (χ0v) is 10.0. The van der Waals surface area contributed by atoms with Gasteiger partial charge in [0.15, 0.2) is 0 Å². The van der Waals surface area contributed by atoms with E-state index in [2.05, 4.69) is 5.16 Å². The van der Waals surface area contributed by atoms with Crippen molar-refractivity contribution in [2.45, 2.75) is 13.5 Å². The number of nitrogens with zero attached hydrogens (tertiary/aromatic N) is 2. The van der Waals surface area contributed by atoms with Crippen molar-refractivity contribution in [1.82, 2.24) is 10.1 Å². The average Bonchev–Trinajstić information content (AvgIpc) is 2.47. The molecular weight excluding hydrogens is 216 g/mol. The van der Waals surface area contributed by atoms with Crippen LogP contribution in [0.15, 0.2) is 10.6 Å². The lowest BCUT2D eigenvalue weighted by Crippen LogP contribution is -2.24. The van der Waals surface area contributed by atoms with Gasteiger partial charge in [-0.05, 0) is 14.0 Å². The summed E-state index contributed by atoms with van der Waals surface area (Å²) in [5, 5.41) is 3.83. The second-order valence-corrected chi connectivity index (χ2v) is 6.06. The molecule has 5 nitrogen and oxygen atoms in total. The third-order valence-electron chi connectivity index (χ3n) is 1.95. The van der Waals surface area contributed by atoms with Gasteiger partial charge in [0.2, 0.25) is 0 Å². The van der Waals surface area contributed by atoms with E-state index in [1.807, 2.05) is 24.9 Å². The summed E-state index contributed by atoms with van der Waals surface area (Å²) in [6.07, 6.45) is 1.24. The minimum absolute atomic E-state index is 0.167. The molecule has 0 unspecified atom stereocenters. The standard InChI is InChI=1S/C9H16N2O3S/c1-8-6-9(10-14-8)7-11(2)4-5-15(3,12)13/h6H,4-5,7H2,1-3H3. The third-order valence-corrected chi connectivity index (χ3v) is 2.88. The van der Waals surface area contributed by atoms with E-state index < -0.39 is 9.84 Å². The van der Waals surface area contributed by atoms with Gasteiger partial charge in [-0.15, -0.1) is 0 Å². The summed E-state index contributed by atoms with van der Waals surface area (Å²) in [6, 6.07) is 1.84. The Labute approximate surface area is 90.0 Å². The van der Waals surface area contributed by atoms with Crippen LogP contribution in [0.2, 0.25) is 0 Å². The maximum atomic E-state index is 10.9. The summed E-state index contributed by atoms with van der Waals surface area (Å²) < 4.78 is 26.8. The maximum Gasteiger partial charge on any atom is 0.148 e. The van der Waals surface area contributed by atoms with E-state index in [1.165, 1.54) is 6.26 Å². The predicted octanol–water partition coefficient (Wildman–Crippen LogP) is 0.459. The van der Waals surface area contributed by atoms with Crippen molar-refractivity contribution in [1.29, 1.82) is 0 Å². The van der Waals surface area contributed by atoms with E-state index >= 15 is 0 Å². The lowest BCUT2D eigenvalue weighted by molar-refractivity contribution is 0.323. The molecule has 0 aliphatic rings. The Morgan fingerprint density at radius 3 is 2.67 bits per heavy atom. The van der Waals surface area contributed by atoms with Gasteiger partial charge in [-0.2, -0.15) is 0 Å². The predicted molar refractivity (Wildman–Crippen MR) is 57.3 cm³/mol. The minimum Gasteiger partial charge on any atom is -0.361 e. The molecule has 1 aromatic heterocycles. The van der Waals surface area contributed by atoms with Crippen molar-refractivity contribution in [3.8, 4) is 0 Å². The Hall–Kier alpha value is -0.880. The highest BCUT2D eigenvalue weighted by molar-refractivity contribution is 7.90. The summed E-state index contributed by atoms with van der Waals surface area (Å²) in [6.45, 7) is 2.94. The first-order valence-corrected chi connectivity index (χ1v) is 6.71. The molecule has 0 saturated carbocycles. The molecule has 0 atom stereocenters. The average molecular weight is 232 g/mol. The van der Waals surface area contributed by atoms with Crippen molar-refractivity contribution in [2.24, 2.45) is 0 Å². The van der Waals surface area contributed by atoms with Crippen LogP contribution in [0.4, 0.5) is 0 Å². The van der Waals surface area contributed by atoms with Crippen molar-refractivity contribution in [3.05, 3.63) is 17.5 Å². The van der Waals surface area contributed by atoms with E-state index in [1.54, 1.807) is 0 Å². The third kappa shape index (κ3) is 4.94. The Bertz CT molecular complexity index is 411. The Kier molecular flexibility index (Phi) is 3.87. The van der Waals surface area contributed by atoms with Gasteiger partial charge in [0.1, 0.15) is 15.6 Å². The molecule has 0 saturated heterocycles. The Morgan fingerprint density at radius 1 is 1.53 bits per heavy atom. The monoisotopic (exact) mass is 232 g/mol. The molecule has 0 radical (unpaired) electrons. The topological polar surface area (TPSA) is 63.4 Å². The lowest BCUT2D eigenvalue weighted by Gasteiger charge is -2.13. The molecule has 1 aromatic rings. The number of hydrogen-bond acceptors (Lipinski definition) is 5. The summed E-state index contributed by atoms with van der Waals surface area (Å²) >= 11 is 0. The Morgan fingerprint density at radius 2 is 2.20 bits per heavy atom. The van der Waals surface area contributed by atoms with Crippen LogP contribution in [0, 0.1) is 6.92 Å².